The summed E-state index contributed by atoms with van der Waals surface area (Å²) in [4.78, 5) is 49.2. The lowest BCUT2D eigenvalue weighted by Crippen LogP contribution is -2.56. The third-order valence-electron chi connectivity index (χ3n) is 10.1. The number of nitrogens with zero attached hydrogens (tertiary/aromatic N) is 3. The third-order valence-corrected chi connectivity index (χ3v) is 10.1. The Morgan fingerprint density at radius 3 is 2.08 bits per heavy atom. The number of likely N-dealkylation sites (tertiary alicyclic amines) is 1. The van der Waals surface area contributed by atoms with Gasteiger partial charge in [0.05, 0.1) is 31.2 Å². The van der Waals surface area contributed by atoms with Crippen molar-refractivity contribution in [3.05, 3.63) is 73.8 Å². The summed E-state index contributed by atoms with van der Waals surface area (Å²) in [6, 6.07) is 13.6. The number of methoxy groups -OCH3 is 1. The van der Waals surface area contributed by atoms with E-state index in [0.717, 1.165) is 12.8 Å². The van der Waals surface area contributed by atoms with Crippen molar-refractivity contribution >= 4 is 29.1 Å². The van der Waals surface area contributed by atoms with Crippen molar-refractivity contribution in [1.82, 2.24) is 4.90 Å². The Bertz CT molecular complexity index is 1480. The average molecular weight is 660 g/mol. The summed E-state index contributed by atoms with van der Waals surface area (Å²) < 4.78 is 17.9. The second-order valence-corrected chi connectivity index (χ2v) is 13.0. The van der Waals surface area contributed by atoms with Gasteiger partial charge in [-0.3, -0.25) is 14.4 Å². The number of anilines is 2. The van der Waals surface area contributed by atoms with Crippen LogP contribution in [0.15, 0.2) is 73.8 Å². The van der Waals surface area contributed by atoms with Crippen LogP contribution in [0.25, 0.3) is 0 Å². The maximum absolute atomic E-state index is 14.9. The summed E-state index contributed by atoms with van der Waals surface area (Å²) >= 11 is 0. The highest BCUT2D eigenvalue weighted by Crippen LogP contribution is 2.63. The molecule has 5 atom stereocenters. The number of amides is 3. The zero-order chi connectivity index (χ0) is 34.5. The zero-order valence-corrected chi connectivity index (χ0v) is 28.4. The van der Waals surface area contributed by atoms with Gasteiger partial charge in [0.2, 0.25) is 11.8 Å². The Morgan fingerprint density at radius 1 is 0.938 bits per heavy atom. The van der Waals surface area contributed by atoms with Crippen LogP contribution < -0.4 is 19.3 Å². The maximum Gasteiger partial charge on any atom is 0.253 e. The number of unbranched alkanes of at least 4 members (excludes halogenated alkanes) is 3. The van der Waals surface area contributed by atoms with E-state index in [9.17, 15) is 19.5 Å². The van der Waals surface area contributed by atoms with Crippen molar-refractivity contribution in [3.8, 4) is 11.5 Å². The lowest BCUT2D eigenvalue weighted by molar-refractivity contribution is -0.144. The van der Waals surface area contributed by atoms with Gasteiger partial charge in [0.25, 0.3) is 5.91 Å². The molecule has 0 aromatic heterocycles. The molecule has 1 N–H and O–H groups in total. The van der Waals surface area contributed by atoms with Crippen LogP contribution in [0.2, 0.25) is 0 Å². The van der Waals surface area contributed by atoms with Crippen LogP contribution in [0.3, 0.4) is 0 Å². The fourth-order valence-electron chi connectivity index (χ4n) is 7.94. The first kappa shape index (κ1) is 35.2. The van der Waals surface area contributed by atoms with E-state index in [0.29, 0.717) is 61.7 Å². The van der Waals surface area contributed by atoms with Crippen molar-refractivity contribution in [2.75, 3.05) is 49.8 Å². The quantitative estimate of drug-likeness (QED) is 0.185. The van der Waals surface area contributed by atoms with Crippen LogP contribution in [-0.2, 0) is 19.1 Å². The fourth-order valence-corrected chi connectivity index (χ4v) is 7.94. The number of hydrogen-bond acceptors (Lipinski definition) is 7. The van der Waals surface area contributed by atoms with Crippen molar-refractivity contribution in [2.24, 2.45) is 11.8 Å². The predicted octanol–water partition coefficient (Wildman–Crippen LogP) is 5.15. The molecular formula is C38H49N3O7. The van der Waals surface area contributed by atoms with Crippen LogP contribution in [-0.4, -0.2) is 84.9 Å². The van der Waals surface area contributed by atoms with Crippen molar-refractivity contribution in [2.45, 2.75) is 69.6 Å². The number of ether oxygens (including phenoxy) is 3. The number of carbonyl (C=O) groups is 3. The van der Waals surface area contributed by atoms with Gasteiger partial charge in [-0.05, 0) is 88.1 Å². The van der Waals surface area contributed by atoms with Crippen LogP contribution >= 0.6 is 0 Å². The van der Waals surface area contributed by atoms with E-state index in [4.69, 9.17) is 14.2 Å². The number of hydrogen-bond donors (Lipinski definition) is 1. The summed E-state index contributed by atoms with van der Waals surface area (Å²) in [5.41, 5.74) is -0.787. The lowest BCUT2D eigenvalue weighted by Gasteiger charge is -2.37. The van der Waals surface area contributed by atoms with Gasteiger partial charge < -0.3 is 34.0 Å². The van der Waals surface area contributed by atoms with Gasteiger partial charge in [-0.15, -0.1) is 13.2 Å². The largest absolute Gasteiger partial charge is 0.497 e. The molecule has 10 nitrogen and oxygen atoms in total. The van der Waals surface area contributed by atoms with E-state index in [1.54, 1.807) is 46.1 Å². The average Bonchev–Trinajstić information content (AvgIpc) is 3.66. The van der Waals surface area contributed by atoms with Crippen LogP contribution in [0, 0.1) is 11.8 Å². The van der Waals surface area contributed by atoms with E-state index in [1.165, 1.54) is 0 Å². The molecule has 3 fully saturated rings. The number of aliphatic hydroxyl groups is 1. The minimum atomic E-state index is -1.17. The molecule has 258 valence electrons. The van der Waals surface area contributed by atoms with Crippen LogP contribution in [0.1, 0.15) is 52.4 Å². The fraction of sp³-hybridized carbons (Fsp3) is 0.500. The van der Waals surface area contributed by atoms with Crippen molar-refractivity contribution in [3.63, 3.8) is 0 Å². The smallest absolute Gasteiger partial charge is 0.253 e. The molecule has 0 aliphatic carbocycles. The van der Waals surface area contributed by atoms with Crippen LogP contribution in [0.4, 0.5) is 11.4 Å². The van der Waals surface area contributed by atoms with Gasteiger partial charge in [-0.25, -0.2) is 0 Å². The highest BCUT2D eigenvalue weighted by Gasteiger charge is 2.78. The summed E-state index contributed by atoms with van der Waals surface area (Å²) in [6.07, 6.45) is 7.30. The summed E-state index contributed by atoms with van der Waals surface area (Å²) in [5, 5.41) is 9.28. The zero-order valence-electron chi connectivity index (χ0n) is 28.4. The Hall–Kier alpha value is -4.15. The molecule has 2 bridgehead atoms. The first-order chi connectivity index (χ1) is 23.2. The minimum absolute atomic E-state index is 0.110. The first-order valence-corrected chi connectivity index (χ1v) is 17.0. The molecular weight excluding hydrogens is 610 g/mol. The predicted molar refractivity (Wildman–Crippen MR) is 185 cm³/mol. The van der Waals surface area contributed by atoms with Crippen molar-refractivity contribution < 1.29 is 33.7 Å². The highest BCUT2D eigenvalue weighted by atomic mass is 16.5. The number of rotatable bonds is 17. The summed E-state index contributed by atoms with van der Waals surface area (Å²) in [7, 11) is 1.59. The second kappa shape index (κ2) is 15.0. The first-order valence-electron chi connectivity index (χ1n) is 17.0. The van der Waals surface area contributed by atoms with Gasteiger partial charge in [0.15, 0.2) is 0 Å². The SMILES string of the molecule is C=CCN(C(=O)C1N(CCCCCCO)C(=O)[C@@H]2[C@H](C(=O)N(CC=C)c3ccc(OCC)cc3)[C@]3(C)CCC12O3)c1ccc(OC)cc1. The molecule has 2 unspecified atom stereocenters. The van der Waals surface area contributed by atoms with Gasteiger partial charge in [0.1, 0.15) is 23.1 Å². The van der Waals surface area contributed by atoms with Gasteiger partial charge >= 0.3 is 0 Å². The Balaban J connectivity index is 1.53. The molecule has 2 aromatic rings. The normalized spacial score (nSPS) is 25.5. The second-order valence-electron chi connectivity index (χ2n) is 13.0. The maximum atomic E-state index is 14.9. The number of fused-ring (bicyclic) bond motifs is 1. The molecule has 0 radical (unpaired) electrons. The summed E-state index contributed by atoms with van der Waals surface area (Å²) in [6.45, 7) is 13.1. The van der Waals surface area contributed by atoms with E-state index in [2.05, 4.69) is 13.2 Å². The molecule has 10 heteroatoms. The molecule has 3 aliphatic rings. The lowest BCUT2D eigenvalue weighted by atomic mass is 9.66. The summed E-state index contributed by atoms with van der Waals surface area (Å²) in [5.74, 6) is -0.984. The third kappa shape index (κ3) is 6.35. The Labute approximate surface area is 283 Å². The number of carbonyl (C=O) groups excluding carboxylic acids is 3. The molecule has 5 rings (SSSR count). The molecule has 0 saturated carbocycles. The highest BCUT2D eigenvalue weighted by molar-refractivity contribution is 6.06. The van der Waals surface area contributed by atoms with Gasteiger partial charge in [0, 0.05) is 37.6 Å². The molecule has 2 aromatic carbocycles. The molecule has 48 heavy (non-hydrogen) atoms. The monoisotopic (exact) mass is 659 g/mol. The van der Waals surface area contributed by atoms with E-state index >= 15 is 0 Å². The van der Waals surface area contributed by atoms with E-state index < -0.39 is 29.1 Å². The number of aliphatic hydroxyl groups excluding tert-OH is 1. The molecule has 3 amide bonds. The standard InChI is InChI=1S/C38H49N3O7/c1-6-23-39(27-15-19-30(20-16-27)47-8-3)34(43)31-32-35(44)41(25-11-9-10-12-26-42)33(38(32)22-21-37(31,4)48-38)36(45)40(24-7-2)28-13-17-29(46-5)18-14-28/h6-7,13-20,31-33,42H,1-2,8-12,21-26H2,3-5H3/t31-,32+,33?,37+,38?/m1/s1. The van der Waals surface area contributed by atoms with Crippen molar-refractivity contribution in [1.29, 1.82) is 0 Å². The Kier molecular flexibility index (Phi) is 11.0. The van der Waals surface area contributed by atoms with Crippen LogP contribution in [0.5, 0.6) is 11.5 Å². The van der Waals surface area contributed by atoms with Gasteiger partial charge in [-0.1, -0.05) is 25.0 Å². The van der Waals surface area contributed by atoms with E-state index in [1.807, 2.05) is 50.2 Å². The molecule has 3 aliphatic heterocycles. The van der Waals surface area contributed by atoms with E-state index in [-0.39, 0.29) is 37.4 Å². The van der Waals surface area contributed by atoms with Gasteiger partial charge in [-0.2, -0.15) is 0 Å². The molecule has 1 spiro atoms. The molecule has 3 heterocycles. The topological polar surface area (TPSA) is 109 Å². The molecule has 3 saturated heterocycles. The minimum Gasteiger partial charge on any atom is -0.497 e. The Morgan fingerprint density at radius 2 is 1.52 bits per heavy atom. The number of benzene rings is 2.